The molecule has 0 unspecified atom stereocenters. The minimum atomic E-state index is -0.715. The summed E-state index contributed by atoms with van der Waals surface area (Å²) in [6, 6.07) is 19.3. The number of imide groups is 1. The van der Waals surface area contributed by atoms with Gasteiger partial charge in [-0.1, -0.05) is 43.1 Å². The Morgan fingerprint density at radius 1 is 0.923 bits per heavy atom. The van der Waals surface area contributed by atoms with Crippen molar-refractivity contribution >= 4 is 52.4 Å². The average Bonchev–Trinajstić information content (AvgIpc) is 3.16. The summed E-state index contributed by atoms with van der Waals surface area (Å²) in [5.41, 5.74) is 1.60. The second-order valence-electron chi connectivity index (χ2n) is 8.53. The molecule has 1 aliphatic heterocycles. The maximum atomic E-state index is 13.2. The Kier molecular flexibility index (Phi) is 8.63. The molecule has 0 saturated carbocycles. The minimum absolute atomic E-state index is 0.132. The normalized spacial score (nSPS) is 12.9. The van der Waals surface area contributed by atoms with Crippen molar-refractivity contribution in [2.45, 2.75) is 19.8 Å². The molecule has 4 rings (SSSR count). The molecule has 9 nitrogen and oxygen atoms in total. The standard InChI is InChI=1S/C29H26ClN3O6/c1-3-4-16-39-29(37)18-12-14-21(15-13-18)33-27(35)24(30)25(28(33)36)31-20-9-7-8-19(17-20)26(34)32-22-10-5-6-11-23(22)38-2/h5-15,17,31H,3-4,16H2,1-2H3,(H,32,34). The Balaban J connectivity index is 1.47. The number of nitrogens with one attached hydrogen (secondary N) is 2. The second kappa shape index (κ2) is 12.3. The molecule has 2 N–H and O–H groups in total. The Bertz CT molecular complexity index is 1450. The topological polar surface area (TPSA) is 114 Å². The van der Waals surface area contributed by atoms with E-state index in [4.69, 9.17) is 21.1 Å². The van der Waals surface area contributed by atoms with Gasteiger partial charge >= 0.3 is 5.97 Å². The van der Waals surface area contributed by atoms with E-state index in [1.165, 1.54) is 37.4 Å². The van der Waals surface area contributed by atoms with E-state index < -0.39 is 23.7 Å². The highest BCUT2D eigenvalue weighted by molar-refractivity contribution is 6.53. The number of hydrogen-bond acceptors (Lipinski definition) is 7. The van der Waals surface area contributed by atoms with Crippen molar-refractivity contribution in [1.29, 1.82) is 0 Å². The molecule has 0 aliphatic carbocycles. The number of methoxy groups -OCH3 is 1. The number of nitrogens with zero attached hydrogens (tertiary/aromatic N) is 1. The van der Waals surface area contributed by atoms with Gasteiger partial charge in [-0.05, 0) is 61.0 Å². The SMILES string of the molecule is CCCCOC(=O)c1ccc(N2C(=O)C(Cl)=C(Nc3cccc(C(=O)Nc4ccccc4OC)c3)C2=O)cc1. The van der Waals surface area contributed by atoms with Gasteiger partial charge in [0.2, 0.25) is 0 Å². The van der Waals surface area contributed by atoms with Gasteiger partial charge in [0.25, 0.3) is 17.7 Å². The summed E-state index contributed by atoms with van der Waals surface area (Å²) in [7, 11) is 1.51. The first-order valence-corrected chi connectivity index (χ1v) is 12.6. The van der Waals surface area contributed by atoms with Crippen LogP contribution < -0.4 is 20.3 Å². The van der Waals surface area contributed by atoms with E-state index >= 15 is 0 Å². The average molecular weight is 548 g/mol. The molecule has 1 aliphatic rings. The lowest BCUT2D eigenvalue weighted by Crippen LogP contribution is -2.32. The highest BCUT2D eigenvalue weighted by atomic mass is 35.5. The third kappa shape index (κ3) is 6.10. The van der Waals surface area contributed by atoms with Crippen LogP contribution in [0.1, 0.15) is 40.5 Å². The number of rotatable bonds is 10. The van der Waals surface area contributed by atoms with Gasteiger partial charge in [0, 0.05) is 11.3 Å². The van der Waals surface area contributed by atoms with Crippen molar-refractivity contribution in [3.05, 3.63) is 94.7 Å². The number of benzene rings is 3. The number of halogens is 1. The molecule has 200 valence electrons. The first kappa shape index (κ1) is 27.4. The lowest BCUT2D eigenvalue weighted by molar-refractivity contribution is -0.120. The Morgan fingerprint density at radius 3 is 2.38 bits per heavy atom. The van der Waals surface area contributed by atoms with Crippen LogP contribution in [0.5, 0.6) is 5.75 Å². The van der Waals surface area contributed by atoms with Crippen molar-refractivity contribution in [2.75, 3.05) is 29.3 Å². The molecule has 0 radical (unpaired) electrons. The van der Waals surface area contributed by atoms with Gasteiger partial charge in [0.15, 0.2) is 0 Å². The number of amides is 3. The van der Waals surface area contributed by atoms with Crippen molar-refractivity contribution in [2.24, 2.45) is 0 Å². The van der Waals surface area contributed by atoms with Gasteiger partial charge in [0.1, 0.15) is 16.5 Å². The molecule has 0 spiro atoms. The Hall–Kier alpha value is -4.63. The largest absolute Gasteiger partial charge is 0.495 e. The van der Waals surface area contributed by atoms with Crippen molar-refractivity contribution < 1.29 is 28.7 Å². The smallest absolute Gasteiger partial charge is 0.338 e. The third-order valence-electron chi connectivity index (χ3n) is 5.87. The summed E-state index contributed by atoms with van der Waals surface area (Å²) in [6.45, 7) is 2.31. The van der Waals surface area contributed by atoms with Crippen LogP contribution in [-0.4, -0.2) is 37.4 Å². The molecule has 39 heavy (non-hydrogen) atoms. The second-order valence-corrected chi connectivity index (χ2v) is 8.91. The summed E-state index contributed by atoms with van der Waals surface area (Å²) in [4.78, 5) is 51.9. The highest BCUT2D eigenvalue weighted by Gasteiger charge is 2.39. The predicted octanol–water partition coefficient (Wildman–Crippen LogP) is 5.34. The molecule has 0 fully saturated rings. The highest BCUT2D eigenvalue weighted by Crippen LogP contribution is 2.31. The maximum absolute atomic E-state index is 13.2. The van der Waals surface area contributed by atoms with E-state index in [9.17, 15) is 19.2 Å². The molecule has 0 saturated heterocycles. The number of anilines is 3. The third-order valence-corrected chi connectivity index (χ3v) is 6.22. The van der Waals surface area contributed by atoms with Gasteiger partial charge in [-0.3, -0.25) is 14.4 Å². The fourth-order valence-electron chi connectivity index (χ4n) is 3.81. The first-order valence-electron chi connectivity index (χ1n) is 12.2. The van der Waals surface area contributed by atoms with Gasteiger partial charge in [-0.15, -0.1) is 0 Å². The number of esters is 1. The summed E-state index contributed by atoms with van der Waals surface area (Å²) >= 11 is 6.25. The fraction of sp³-hybridized carbons (Fsp3) is 0.172. The lowest BCUT2D eigenvalue weighted by Gasteiger charge is -2.16. The Morgan fingerprint density at radius 2 is 1.67 bits per heavy atom. The molecule has 3 aromatic carbocycles. The minimum Gasteiger partial charge on any atom is -0.495 e. The van der Waals surface area contributed by atoms with Gasteiger partial charge in [0.05, 0.1) is 30.7 Å². The molecular weight excluding hydrogens is 522 g/mol. The van der Waals surface area contributed by atoms with Crippen LogP contribution in [0, 0.1) is 0 Å². The van der Waals surface area contributed by atoms with E-state index in [-0.39, 0.29) is 16.4 Å². The van der Waals surface area contributed by atoms with Crippen LogP contribution >= 0.6 is 11.6 Å². The summed E-state index contributed by atoms with van der Waals surface area (Å²) in [5.74, 6) is -1.76. The summed E-state index contributed by atoms with van der Waals surface area (Å²) < 4.78 is 10.5. The van der Waals surface area contributed by atoms with Crippen molar-refractivity contribution in [3.8, 4) is 5.75 Å². The first-order chi connectivity index (χ1) is 18.8. The van der Waals surface area contributed by atoms with Gasteiger partial charge in [-0.25, -0.2) is 9.69 Å². The zero-order valence-electron chi connectivity index (χ0n) is 21.3. The monoisotopic (exact) mass is 547 g/mol. The molecule has 0 atom stereocenters. The van der Waals surface area contributed by atoms with Crippen LogP contribution in [0.2, 0.25) is 0 Å². The van der Waals surface area contributed by atoms with Gasteiger partial charge in [-0.2, -0.15) is 0 Å². The number of unbranched alkanes of at least 4 members (excludes halogenated alkanes) is 1. The van der Waals surface area contributed by atoms with Crippen molar-refractivity contribution in [1.82, 2.24) is 0 Å². The van der Waals surface area contributed by atoms with E-state index in [0.717, 1.165) is 17.7 Å². The van der Waals surface area contributed by atoms with Crippen LogP contribution in [0.4, 0.5) is 17.1 Å². The van der Waals surface area contributed by atoms with Crippen LogP contribution in [-0.2, 0) is 14.3 Å². The van der Waals surface area contributed by atoms with E-state index in [1.807, 2.05) is 6.92 Å². The molecule has 3 aromatic rings. The number of carbonyl (C=O) groups excluding carboxylic acids is 4. The molecule has 10 heteroatoms. The maximum Gasteiger partial charge on any atom is 0.338 e. The Labute approximate surface area is 230 Å². The van der Waals surface area contributed by atoms with Crippen molar-refractivity contribution in [3.63, 3.8) is 0 Å². The number of ether oxygens (including phenoxy) is 2. The number of hydrogen-bond donors (Lipinski definition) is 2. The summed E-state index contributed by atoms with van der Waals surface area (Å²) in [6.07, 6.45) is 1.66. The zero-order valence-corrected chi connectivity index (χ0v) is 22.1. The predicted molar refractivity (Wildman–Crippen MR) is 148 cm³/mol. The van der Waals surface area contributed by atoms with Crippen LogP contribution in [0.25, 0.3) is 0 Å². The molecule has 0 bridgehead atoms. The number of para-hydroxylation sites is 2. The zero-order chi connectivity index (χ0) is 27.9. The molecular formula is C29H26ClN3O6. The summed E-state index contributed by atoms with van der Waals surface area (Å²) in [5, 5.41) is 5.35. The quantitative estimate of drug-likeness (QED) is 0.200. The molecule has 0 aromatic heterocycles. The van der Waals surface area contributed by atoms with Crippen LogP contribution in [0.3, 0.4) is 0 Å². The van der Waals surface area contributed by atoms with Crippen LogP contribution in [0.15, 0.2) is 83.5 Å². The van der Waals surface area contributed by atoms with E-state index in [0.29, 0.717) is 34.9 Å². The van der Waals surface area contributed by atoms with E-state index in [2.05, 4.69) is 10.6 Å². The van der Waals surface area contributed by atoms with Gasteiger partial charge < -0.3 is 20.1 Å². The molecule has 3 amide bonds. The van der Waals surface area contributed by atoms with E-state index in [1.54, 1.807) is 42.5 Å². The number of carbonyl (C=O) groups is 4. The molecule has 1 heterocycles. The fourth-order valence-corrected chi connectivity index (χ4v) is 4.02. The lowest BCUT2D eigenvalue weighted by atomic mass is 10.1.